The van der Waals surface area contributed by atoms with Crippen molar-refractivity contribution in [3.8, 4) is 0 Å². The Labute approximate surface area is 87.8 Å². The summed E-state index contributed by atoms with van der Waals surface area (Å²) in [5, 5.41) is 6.65. The second-order valence-electron chi connectivity index (χ2n) is 3.07. The molecule has 0 fully saturated rings. The second-order valence-corrected chi connectivity index (χ2v) is 3.07. The maximum Gasteiger partial charge on any atom is 0.0202 e. The van der Waals surface area contributed by atoms with Gasteiger partial charge in [-0.3, -0.25) is 0 Å². The zero-order valence-electron chi connectivity index (χ0n) is 9.18. The van der Waals surface area contributed by atoms with Crippen molar-refractivity contribution in [2.45, 2.75) is 13.3 Å². The number of nitrogens with one attached hydrogen (secondary N) is 2. The van der Waals surface area contributed by atoms with Crippen molar-refractivity contribution in [1.82, 2.24) is 10.6 Å². The largest absolute Gasteiger partial charge is 0.315 e. The first-order chi connectivity index (χ1) is 6.85. The highest BCUT2D eigenvalue weighted by Crippen LogP contribution is 1.90. The summed E-state index contributed by atoms with van der Waals surface area (Å²) in [6.45, 7) is 13.3. The highest BCUT2D eigenvalue weighted by Gasteiger charge is 1.89. The zero-order valence-corrected chi connectivity index (χ0v) is 9.18. The van der Waals surface area contributed by atoms with Gasteiger partial charge in [0.2, 0.25) is 0 Å². The van der Waals surface area contributed by atoms with Gasteiger partial charge in [0.15, 0.2) is 0 Å². The van der Waals surface area contributed by atoms with Crippen LogP contribution in [0.4, 0.5) is 0 Å². The molecule has 2 heteroatoms. The van der Waals surface area contributed by atoms with Gasteiger partial charge in [-0.15, -0.1) is 6.58 Å². The molecular formula is C12H22N2. The lowest BCUT2D eigenvalue weighted by molar-refractivity contribution is 0.635. The van der Waals surface area contributed by atoms with E-state index in [1.165, 1.54) is 5.57 Å². The fraction of sp³-hybridized carbons (Fsp3) is 0.500. The number of hydrogen-bond donors (Lipinski definition) is 2. The first-order valence-electron chi connectivity index (χ1n) is 5.15. The van der Waals surface area contributed by atoms with Gasteiger partial charge in [0.1, 0.15) is 0 Å². The van der Waals surface area contributed by atoms with E-state index in [9.17, 15) is 0 Å². The molecule has 0 aromatic carbocycles. The molecule has 0 aliphatic carbocycles. The van der Waals surface area contributed by atoms with Gasteiger partial charge in [-0.2, -0.15) is 0 Å². The molecule has 80 valence electrons. The Kier molecular flexibility index (Phi) is 9.59. The van der Waals surface area contributed by atoms with Gasteiger partial charge in [-0.1, -0.05) is 24.8 Å². The van der Waals surface area contributed by atoms with Gasteiger partial charge in [0.25, 0.3) is 0 Å². The molecule has 2 N–H and O–H groups in total. The summed E-state index contributed by atoms with van der Waals surface area (Å²) in [6, 6.07) is 0. The molecule has 0 saturated carbocycles. The van der Waals surface area contributed by atoms with Crippen LogP contribution in [-0.2, 0) is 0 Å². The van der Waals surface area contributed by atoms with E-state index < -0.39 is 0 Å². The summed E-state index contributed by atoms with van der Waals surface area (Å²) >= 11 is 0. The van der Waals surface area contributed by atoms with Gasteiger partial charge in [-0.05, 0) is 25.5 Å². The number of rotatable bonds is 9. The van der Waals surface area contributed by atoms with Crippen molar-refractivity contribution in [3.05, 3.63) is 37.0 Å². The lowest BCUT2D eigenvalue weighted by atomic mass is 10.2. The van der Waals surface area contributed by atoms with Crippen LogP contribution in [0, 0.1) is 0 Å². The molecule has 2 nitrogen and oxygen atoms in total. The molecule has 0 amide bonds. The Morgan fingerprint density at radius 3 is 2.43 bits per heavy atom. The van der Waals surface area contributed by atoms with E-state index in [1.54, 1.807) is 0 Å². The Balaban J connectivity index is 3.20. The monoisotopic (exact) mass is 194 g/mol. The molecule has 0 unspecified atom stereocenters. The Morgan fingerprint density at radius 1 is 1.14 bits per heavy atom. The second kappa shape index (κ2) is 10.2. The maximum absolute atomic E-state index is 3.74. The lowest BCUT2D eigenvalue weighted by Crippen LogP contribution is -2.28. The highest BCUT2D eigenvalue weighted by atomic mass is 14.9. The molecular weight excluding hydrogens is 172 g/mol. The predicted octanol–water partition coefficient (Wildman–Crippen LogP) is 1.87. The lowest BCUT2D eigenvalue weighted by Gasteiger charge is -2.05. The molecule has 0 rings (SSSR count). The van der Waals surface area contributed by atoms with E-state index >= 15 is 0 Å². The standard InChI is InChI=1S/C12H22N2/c1-4-7-8-13-9-10-14-11-12(5-2)6-3/h4-6,13-14H,1-2,7-11H2,3H3/b12-6+. The van der Waals surface area contributed by atoms with Crippen LogP contribution in [-0.4, -0.2) is 26.2 Å². The average Bonchev–Trinajstić information content (AvgIpc) is 2.22. The van der Waals surface area contributed by atoms with E-state index in [2.05, 4.69) is 29.9 Å². The van der Waals surface area contributed by atoms with Gasteiger partial charge in [-0.25, -0.2) is 0 Å². The van der Waals surface area contributed by atoms with Crippen LogP contribution < -0.4 is 10.6 Å². The molecule has 0 atom stereocenters. The van der Waals surface area contributed by atoms with Crippen molar-refractivity contribution >= 4 is 0 Å². The molecule has 0 saturated heterocycles. The average molecular weight is 194 g/mol. The van der Waals surface area contributed by atoms with Crippen LogP contribution >= 0.6 is 0 Å². The van der Waals surface area contributed by atoms with Crippen LogP contribution in [0.2, 0.25) is 0 Å². The predicted molar refractivity (Wildman–Crippen MR) is 64.5 cm³/mol. The highest BCUT2D eigenvalue weighted by molar-refractivity contribution is 5.16. The molecule has 0 aromatic rings. The third kappa shape index (κ3) is 7.77. The Bertz CT molecular complexity index is 183. The van der Waals surface area contributed by atoms with Crippen molar-refractivity contribution in [3.63, 3.8) is 0 Å². The third-order valence-electron chi connectivity index (χ3n) is 1.97. The first kappa shape index (κ1) is 13.1. The summed E-state index contributed by atoms with van der Waals surface area (Å²) in [7, 11) is 0. The van der Waals surface area contributed by atoms with Gasteiger partial charge in [0.05, 0.1) is 0 Å². The van der Waals surface area contributed by atoms with Crippen LogP contribution in [0.1, 0.15) is 13.3 Å². The quantitative estimate of drug-likeness (QED) is 0.333. The Hall–Kier alpha value is -0.860. The molecule has 0 aliphatic rings. The van der Waals surface area contributed by atoms with Crippen LogP contribution in [0.3, 0.4) is 0 Å². The minimum atomic E-state index is 0.906. The van der Waals surface area contributed by atoms with Crippen molar-refractivity contribution < 1.29 is 0 Å². The molecule has 0 bridgehead atoms. The summed E-state index contributed by atoms with van der Waals surface area (Å²) in [5.41, 5.74) is 1.25. The summed E-state index contributed by atoms with van der Waals surface area (Å²) in [5.74, 6) is 0. The summed E-state index contributed by atoms with van der Waals surface area (Å²) < 4.78 is 0. The van der Waals surface area contributed by atoms with Crippen molar-refractivity contribution in [2.75, 3.05) is 26.2 Å². The normalized spacial score (nSPS) is 11.4. The molecule has 0 heterocycles. The fourth-order valence-corrected chi connectivity index (χ4v) is 1.03. The summed E-state index contributed by atoms with van der Waals surface area (Å²) in [4.78, 5) is 0. The van der Waals surface area contributed by atoms with Crippen LogP contribution in [0.25, 0.3) is 0 Å². The number of hydrogen-bond acceptors (Lipinski definition) is 2. The first-order valence-corrected chi connectivity index (χ1v) is 5.15. The minimum absolute atomic E-state index is 0.906. The smallest absolute Gasteiger partial charge is 0.0202 e. The number of allylic oxidation sites excluding steroid dienone is 1. The fourth-order valence-electron chi connectivity index (χ4n) is 1.03. The van der Waals surface area contributed by atoms with Gasteiger partial charge < -0.3 is 10.6 Å². The van der Waals surface area contributed by atoms with E-state index in [-0.39, 0.29) is 0 Å². The van der Waals surface area contributed by atoms with E-state index in [0.717, 1.165) is 32.6 Å². The third-order valence-corrected chi connectivity index (χ3v) is 1.97. The van der Waals surface area contributed by atoms with E-state index in [0.29, 0.717) is 0 Å². The molecule has 0 radical (unpaired) electrons. The van der Waals surface area contributed by atoms with Gasteiger partial charge in [0, 0.05) is 19.6 Å². The molecule has 14 heavy (non-hydrogen) atoms. The van der Waals surface area contributed by atoms with E-state index in [1.807, 2.05) is 19.1 Å². The van der Waals surface area contributed by atoms with Crippen molar-refractivity contribution in [1.29, 1.82) is 0 Å². The van der Waals surface area contributed by atoms with E-state index in [4.69, 9.17) is 0 Å². The minimum Gasteiger partial charge on any atom is -0.315 e. The Morgan fingerprint density at radius 2 is 1.86 bits per heavy atom. The molecule has 0 aliphatic heterocycles. The van der Waals surface area contributed by atoms with Gasteiger partial charge >= 0.3 is 0 Å². The topological polar surface area (TPSA) is 24.1 Å². The van der Waals surface area contributed by atoms with Crippen LogP contribution in [0.15, 0.2) is 37.0 Å². The summed E-state index contributed by atoms with van der Waals surface area (Å²) in [6.07, 6.45) is 6.92. The molecule has 0 spiro atoms. The van der Waals surface area contributed by atoms with Crippen LogP contribution in [0.5, 0.6) is 0 Å². The molecule has 0 aromatic heterocycles. The van der Waals surface area contributed by atoms with Crippen molar-refractivity contribution in [2.24, 2.45) is 0 Å². The SMILES string of the molecule is C=CCCNCCNC/C(C=C)=C/C. The zero-order chi connectivity index (χ0) is 10.6. The maximum atomic E-state index is 3.74.